The van der Waals surface area contributed by atoms with E-state index >= 15 is 0 Å². The Labute approximate surface area is 184 Å². The monoisotopic (exact) mass is 439 g/mol. The fraction of sp³-hybridized carbons (Fsp3) is 0.292. The van der Waals surface area contributed by atoms with E-state index in [1.165, 1.54) is 11.8 Å². The van der Waals surface area contributed by atoms with Crippen LogP contribution in [0.2, 0.25) is 0 Å². The number of sulfone groups is 1. The molecule has 0 spiro atoms. The second-order valence-corrected chi connectivity index (χ2v) is 9.44. The van der Waals surface area contributed by atoms with Crippen LogP contribution in [-0.4, -0.2) is 33.7 Å². The standard InChI is InChI=1S/C24H29N3O3S/c1-19-17-21(10-11-23(19)31(2,28)29)18-27-24(26-15-13-22-9-6-16-30-22)25-14-12-20-7-4-3-5-8-20/h3-11,16-17H,12-15,18H2,1-2H3,(H2,25,26,27). The molecule has 7 heteroatoms. The predicted octanol–water partition coefficient (Wildman–Crippen LogP) is 3.51. The average molecular weight is 440 g/mol. The van der Waals surface area contributed by atoms with E-state index in [9.17, 15) is 8.42 Å². The van der Waals surface area contributed by atoms with Crippen LogP contribution in [0.15, 0.2) is 81.2 Å². The molecule has 0 radical (unpaired) electrons. The van der Waals surface area contributed by atoms with Crippen LogP contribution in [-0.2, 0) is 29.2 Å². The maximum Gasteiger partial charge on any atom is 0.191 e. The molecule has 0 aliphatic heterocycles. The van der Waals surface area contributed by atoms with Crippen LogP contribution < -0.4 is 10.6 Å². The quantitative estimate of drug-likeness (QED) is 0.394. The molecule has 31 heavy (non-hydrogen) atoms. The van der Waals surface area contributed by atoms with E-state index < -0.39 is 9.84 Å². The lowest BCUT2D eigenvalue weighted by molar-refractivity contribution is 0.506. The molecule has 0 saturated heterocycles. The number of hydrogen-bond acceptors (Lipinski definition) is 4. The Morgan fingerprint density at radius 2 is 1.68 bits per heavy atom. The van der Waals surface area contributed by atoms with Crippen LogP contribution in [0.4, 0.5) is 0 Å². The molecule has 1 heterocycles. The van der Waals surface area contributed by atoms with E-state index in [2.05, 4.69) is 22.8 Å². The highest BCUT2D eigenvalue weighted by molar-refractivity contribution is 7.90. The SMILES string of the molecule is Cc1cc(CN=C(NCCc2ccccc2)NCCc2ccco2)ccc1S(C)(=O)=O. The number of guanidine groups is 1. The van der Waals surface area contributed by atoms with Crippen molar-refractivity contribution in [3.8, 4) is 0 Å². The molecule has 164 valence electrons. The zero-order valence-electron chi connectivity index (χ0n) is 18.0. The van der Waals surface area contributed by atoms with E-state index in [1.807, 2.05) is 49.4 Å². The van der Waals surface area contributed by atoms with Crippen molar-refractivity contribution in [2.45, 2.75) is 31.2 Å². The van der Waals surface area contributed by atoms with Crippen LogP contribution in [0.1, 0.15) is 22.5 Å². The highest BCUT2D eigenvalue weighted by Crippen LogP contribution is 2.17. The minimum Gasteiger partial charge on any atom is -0.469 e. The normalized spacial score (nSPS) is 12.0. The summed E-state index contributed by atoms with van der Waals surface area (Å²) in [6.07, 6.45) is 4.55. The maximum atomic E-state index is 11.8. The molecule has 0 bridgehead atoms. The van der Waals surface area contributed by atoms with Gasteiger partial charge in [-0.2, -0.15) is 0 Å². The fourth-order valence-electron chi connectivity index (χ4n) is 3.30. The van der Waals surface area contributed by atoms with Gasteiger partial charge in [-0.1, -0.05) is 42.5 Å². The number of hydrogen-bond donors (Lipinski definition) is 2. The zero-order chi connectivity index (χ0) is 22.1. The van der Waals surface area contributed by atoms with Crippen molar-refractivity contribution in [3.05, 3.63) is 89.4 Å². The van der Waals surface area contributed by atoms with Crippen molar-refractivity contribution in [3.63, 3.8) is 0 Å². The predicted molar refractivity (Wildman–Crippen MR) is 124 cm³/mol. The molecule has 0 atom stereocenters. The Kier molecular flexibility index (Phi) is 7.89. The minimum atomic E-state index is -3.22. The lowest BCUT2D eigenvalue weighted by Crippen LogP contribution is -2.39. The molecular formula is C24H29N3O3S. The Balaban J connectivity index is 1.63. The first-order valence-electron chi connectivity index (χ1n) is 10.3. The summed E-state index contributed by atoms with van der Waals surface area (Å²) >= 11 is 0. The summed E-state index contributed by atoms with van der Waals surface area (Å²) in [4.78, 5) is 5.05. The summed E-state index contributed by atoms with van der Waals surface area (Å²) in [5.74, 6) is 1.63. The number of furan rings is 1. The van der Waals surface area contributed by atoms with Gasteiger partial charge in [0.2, 0.25) is 0 Å². The van der Waals surface area contributed by atoms with Gasteiger partial charge < -0.3 is 15.1 Å². The van der Waals surface area contributed by atoms with Crippen LogP contribution in [0.3, 0.4) is 0 Å². The van der Waals surface area contributed by atoms with E-state index in [1.54, 1.807) is 12.3 Å². The molecular weight excluding hydrogens is 410 g/mol. The van der Waals surface area contributed by atoms with Crippen molar-refractivity contribution in [2.24, 2.45) is 4.99 Å². The number of nitrogens with zero attached hydrogens (tertiary/aromatic N) is 1. The van der Waals surface area contributed by atoms with Crippen LogP contribution in [0.5, 0.6) is 0 Å². The molecule has 0 amide bonds. The Morgan fingerprint density at radius 3 is 2.32 bits per heavy atom. The number of rotatable bonds is 9. The van der Waals surface area contributed by atoms with Crippen molar-refractivity contribution in [1.82, 2.24) is 10.6 Å². The van der Waals surface area contributed by atoms with Crippen molar-refractivity contribution in [1.29, 1.82) is 0 Å². The number of aryl methyl sites for hydroxylation is 1. The van der Waals surface area contributed by atoms with Gasteiger partial charge in [0.25, 0.3) is 0 Å². The summed E-state index contributed by atoms with van der Waals surface area (Å²) in [5, 5.41) is 6.73. The molecule has 0 saturated carbocycles. The van der Waals surface area contributed by atoms with E-state index in [0.717, 1.165) is 36.3 Å². The van der Waals surface area contributed by atoms with Gasteiger partial charge in [-0.15, -0.1) is 0 Å². The van der Waals surface area contributed by atoms with E-state index in [-0.39, 0.29) is 0 Å². The van der Waals surface area contributed by atoms with E-state index in [4.69, 9.17) is 9.41 Å². The molecule has 3 aromatic rings. The maximum absolute atomic E-state index is 11.8. The third-order valence-corrected chi connectivity index (χ3v) is 6.11. The lowest BCUT2D eigenvalue weighted by atomic mass is 10.1. The van der Waals surface area contributed by atoms with Gasteiger partial charge in [-0.05, 0) is 48.2 Å². The third-order valence-electron chi connectivity index (χ3n) is 4.85. The molecule has 0 aliphatic rings. The van der Waals surface area contributed by atoms with Gasteiger partial charge in [0.15, 0.2) is 15.8 Å². The number of benzene rings is 2. The summed E-state index contributed by atoms with van der Waals surface area (Å²) in [5.41, 5.74) is 2.96. The van der Waals surface area contributed by atoms with Crippen LogP contribution in [0, 0.1) is 6.92 Å². The smallest absolute Gasteiger partial charge is 0.191 e. The molecule has 1 aromatic heterocycles. The summed E-state index contributed by atoms with van der Waals surface area (Å²) in [6, 6.07) is 19.5. The molecule has 2 N–H and O–H groups in total. The van der Waals surface area contributed by atoms with Gasteiger partial charge in [0.1, 0.15) is 5.76 Å². The fourth-order valence-corrected chi connectivity index (χ4v) is 4.26. The largest absolute Gasteiger partial charge is 0.469 e. The topological polar surface area (TPSA) is 83.7 Å². The Hall–Kier alpha value is -3.06. The second-order valence-electron chi connectivity index (χ2n) is 7.46. The molecule has 2 aromatic carbocycles. The minimum absolute atomic E-state index is 0.359. The first-order chi connectivity index (χ1) is 14.9. The molecule has 0 unspecified atom stereocenters. The van der Waals surface area contributed by atoms with Gasteiger partial charge in [0, 0.05) is 25.8 Å². The Morgan fingerprint density at radius 1 is 0.935 bits per heavy atom. The first-order valence-corrected chi connectivity index (χ1v) is 12.2. The number of nitrogens with one attached hydrogen (secondary N) is 2. The summed E-state index contributed by atoms with van der Waals surface area (Å²) < 4.78 is 29.0. The van der Waals surface area contributed by atoms with Gasteiger partial charge in [-0.25, -0.2) is 13.4 Å². The first kappa shape index (κ1) is 22.6. The van der Waals surface area contributed by atoms with Gasteiger partial charge in [-0.3, -0.25) is 0 Å². The van der Waals surface area contributed by atoms with E-state index in [0.29, 0.717) is 23.9 Å². The number of aliphatic imine (C=N–C) groups is 1. The van der Waals surface area contributed by atoms with Crippen molar-refractivity contribution < 1.29 is 12.8 Å². The molecule has 0 fully saturated rings. The summed E-state index contributed by atoms with van der Waals surface area (Å²) in [6.45, 7) is 3.70. The molecule has 0 aliphatic carbocycles. The zero-order valence-corrected chi connectivity index (χ0v) is 18.8. The van der Waals surface area contributed by atoms with Crippen molar-refractivity contribution in [2.75, 3.05) is 19.3 Å². The van der Waals surface area contributed by atoms with Gasteiger partial charge in [0.05, 0.1) is 17.7 Å². The highest BCUT2D eigenvalue weighted by Gasteiger charge is 2.10. The van der Waals surface area contributed by atoms with Crippen LogP contribution in [0.25, 0.3) is 0 Å². The van der Waals surface area contributed by atoms with Crippen molar-refractivity contribution >= 4 is 15.8 Å². The molecule has 6 nitrogen and oxygen atoms in total. The Bertz CT molecular complexity index is 1090. The lowest BCUT2D eigenvalue weighted by Gasteiger charge is -2.13. The summed E-state index contributed by atoms with van der Waals surface area (Å²) in [7, 11) is -3.22. The third kappa shape index (κ3) is 7.29. The highest BCUT2D eigenvalue weighted by atomic mass is 32.2. The average Bonchev–Trinajstić information content (AvgIpc) is 3.25. The molecule has 3 rings (SSSR count). The van der Waals surface area contributed by atoms with Crippen LogP contribution >= 0.6 is 0 Å². The van der Waals surface area contributed by atoms with Gasteiger partial charge >= 0.3 is 0 Å². The second kappa shape index (κ2) is 10.8.